The predicted octanol–water partition coefficient (Wildman–Crippen LogP) is 20.3. The van der Waals surface area contributed by atoms with Gasteiger partial charge in [-0.1, -0.05) is 238 Å². The number of rotatable bonds is 4. The summed E-state index contributed by atoms with van der Waals surface area (Å²) in [6.45, 7) is 7.85. The highest BCUT2D eigenvalue weighted by molar-refractivity contribution is 7.25. The summed E-state index contributed by atoms with van der Waals surface area (Å²) >= 11 is 1.89. The molecule has 0 amide bonds. The zero-order chi connectivity index (χ0) is 63.1. The second-order valence-corrected chi connectivity index (χ2v) is 37.8. The lowest BCUT2D eigenvalue weighted by atomic mass is 9.62. The predicted molar refractivity (Wildman–Crippen MR) is 408 cm³/mol. The third-order valence-corrected chi connectivity index (χ3v) is 32.6. The van der Waals surface area contributed by atoms with Crippen LogP contribution in [0.2, 0.25) is 19.6 Å². The molecule has 3 nitrogen and oxygen atoms in total. The Bertz CT molecular complexity index is 6530. The fourth-order valence-electron chi connectivity index (χ4n) is 19.5. The van der Waals surface area contributed by atoms with Crippen molar-refractivity contribution in [3.05, 3.63) is 347 Å². The van der Waals surface area contributed by atoms with Crippen LogP contribution < -0.4 is 20.7 Å². The maximum atomic E-state index is 6.46. The molecule has 0 aliphatic carbocycles. The van der Waals surface area contributed by atoms with E-state index in [0.29, 0.717) is 0 Å². The first-order chi connectivity index (χ1) is 47.2. The minimum absolute atomic E-state index is 0.591. The van der Waals surface area contributed by atoms with Crippen LogP contribution in [-0.2, 0) is 16.9 Å². The summed E-state index contributed by atoms with van der Waals surface area (Å²) in [4.78, 5) is 0. The van der Waals surface area contributed by atoms with Crippen molar-refractivity contribution >= 4 is 134 Å². The van der Waals surface area contributed by atoms with Crippen molar-refractivity contribution in [1.29, 1.82) is 0 Å². The molecule has 14 aromatic carbocycles. The minimum atomic E-state index is -2.77. The number of fused-ring (bicyclic) bond motifs is 28. The van der Waals surface area contributed by atoms with E-state index in [4.69, 9.17) is 4.42 Å². The molecule has 8 heterocycles. The van der Waals surface area contributed by atoms with E-state index < -0.39 is 27.0 Å². The molecule has 4 aliphatic rings. The second kappa shape index (κ2) is 18.7. The Hall–Kier alpha value is -10.9. The molecule has 0 radical (unpaired) electrons. The van der Waals surface area contributed by atoms with E-state index in [1.165, 1.54) is 168 Å². The Balaban J connectivity index is 0.768. The number of nitrogens with zero attached hydrogens (tertiary/aromatic N) is 2. The Morgan fingerprint density at radius 2 is 0.781 bits per heavy atom. The molecular formula is C90H60N2OSSi2. The Kier molecular flexibility index (Phi) is 10.4. The van der Waals surface area contributed by atoms with E-state index in [2.05, 4.69) is 326 Å². The van der Waals surface area contributed by atoms with Crippen LogP contribution in [0.5, 0.6) is 0 Å². The summed E-state index contributed by atoms with van der Waals surface area (Å²) in [7, 11) is -5.03. The average molecular weight is 1270 g/mol. The van der Waals surface area contributed by atoms with Crippen molar-refractivity contribution in [3.8, 4) is 33.6 Å². The van der Waals surface area contributed by atoms with Gasteiger partial charge in [0.05, 0.1) is 44.3 Å². The van der Waals surface area contributed by atoms with Crippen LogP contribution in [0.1, 0.15) is 50.1 Å². The number of hydrogen-bond acceptors (Lipinski definition) is 2. The maximum absolute atomic E-state index is 6.46. The lowest BCUT2D eigenvalue weighted by Crippen LogP contribution is -2.67. The van der Waals surface area contributed by atoms with Gasteiger partial charge in [-0.25, -0.2) is 0 Å². The quantitative estimate of drug-likeness (QED) is 0.161. The molecule has 4 aromatic heterocycles. The van der Waals surface area contributed by atoms with Crippen molar-refractivity contribution in [1.82, 2.24) is 9.13 Å². The van der Waals surface area contributed by atoms with Gasteiger partial charge in [0.15, 0.2) is 0 Å². The topological polar surface area (TPSA) is 23.0 Å². The first-order valence-electron chi connectivity index (χ1n) is 33.8. The highest BCUT2D eigenvalue weighted by Gasteiger charge is 2.56. The molecule has 96 heavy (non-hydrogen) atoms. The highest BCUT2D eigenvalue weighted by atomic mass is 32.1. The van der Waals surface area contributed by atoms with Crippen LogP contribution in [0, 0.1) is 0 Å². The van der Waals surface area contributed by atoms with E-state index in [1.54, 1.807) is 0 Å². The molecule has 3 atom stereocenters. The van der Waals surface area contributed by atoms with Crippen molar-refractivity contribution in [2.24, 2.45) is 0 Å². The van der Waals surface area contributed by atoms with Crippen molar-refractivity contribution in [2.75, 3.05) is 0 Å². The normalized spacial score (nSPS) is 18.4. The highest BCUT2D eigenvalue weighted by Crippen LogP contribution is 2.58. The Labute approximate surface area is 561 Å². The summed E-state index contributed by atoms with van der Waals surface area (Å²) in [6, 6.07) is 116. The second-order valence-electron chi connectivity index (χ2n) is 28.3. The minimum Gasteiger partial charge on any atom is -0.456 e. The SMILES string of the molecule is C[Si]1(C)c2ccccc2C2(c3ccccc3-n3c4ccc(C[Si]5(C)c6ccccc6C6(c7ccccc7-n7c8ccccc8c8cccc6c87)c6cc(-c7ccc8oc9ccccc9c8c7)ccc65)cc4c4cccc2c43)c2cc(-c3ccc4sc5ccccc5c4c3)ccc21. The van der Waals surface area contributed by atoms with Crippen LogP contribution >= 0.6 is 11.3 Å². The van der Waals surface area contributed by atoms with Gasteiger partial charge >= 0.3 is 0 Å². The number of furan rings is 1. The monoisotopic (exact) mass is 1270 g/mol. The fourth-order valence-corrected chi connectivity index (χ4v) is 28.1. The van der Waals surface area contributed by atoms with Gasteiger partial charge in [-0.15, -0.1) is 11.3 Å². The molecule has 0 N–H and O–H groups in total. The van der Waals surface area contributed by atoms with E-state index in [9.17, 15) is 0 Å². The first-order valence-corrected chi connectivity index (χ1v) is 40.4. The lowest BCUT2D eigenvalue weighted by molar-refractivity contribution is 0.669. The van der Waals surface area contributed by atoms with Crippen LogP contribution in [0.25, 0.3) is 119 Å². The maximum Gasteiger partial charge on any atom is 0.135 e. The molecule has 3 unspecified atom stereocenters. The molecule has 0 saturated heterocycles. The molecule has 0 bridgehead atoms. The van der Waals surface area contributed by atoms with Gasteiger partial charge in [0, 0.05) is 52.5 Å². The smallest absolute Gasteiger partial charge is 0.135 e. The summed E-state index contributed by atoms with van der Waals surface area (Å²) in [5, 5.41) is 16.1. The fraction of sp³-hybridized carbons (Fsp3) is 0.0667. The zero-order valence-electron chi connectivity index (χ0n) is 53.2. The van der Waals surface area contributed by atoms with Crippen LogP contribution in [0.3, 0.4) is 0 Å². The summed E-state index contributed by atoms with van der Waals surface area (Å²) < 4.78 is 14.3. The van der Waals surface area contributed by atoms with Crippen LogP contribution in [0.15, 0.2) is 302 Å². The van der Waals surface area contributed by atoms with E-state index in [1.807, 2.05) is 11.3 Å². The van der Waals surface area contributed by atoms with Gasteiger partial charge in [-0.3, -0.25) is 0 Å². The number of thiophene rings is 1. The van der Waals surface area contributed by atoms with E-state index in [-0.39, 0.29) is 0 Å². The molecule has 0 fully saturated rings. The van der Waals surface area contributed by atoms with Gasteiger partial charge in [-0.05, 0) is 178 Å². The molecule has 450 valence electrons. The summed E-state index contributed by atoms with van der Waals surface area (Å²) in [5.41, 5.74) is 25.4. The van der Waals surface area contributed by atoms with Crippen molar-refractivity contribution < 1.29 is 4.42 Å². The number of aromatic nitrogens is 2. The number of hydrogen-bond donors (Lipinski definition) is 0. The van der Waals surface area contributed by atoms with Crippen LogP contribution in [-0.4, -0.2) is 25.3 Å². The molecule has 6 heteroatoms. The van der Waals surface area contributed by atoms with Gasteiger partial charge in [0.1, 0.15) is 27.3 Å². The largest absolute Gasteiger partial charge is 0.456 e. The Morgan fingerprint density at radius 3 is 1.51 bits per heavy atom. The van der Waals surface area contributed by atoms with Gasteiger partial charge < -0.3 is 13.6 Å². The van der Waals surface area contributed by atoms with Gasteiger partial charge in [0.2, 0.25) is 0 Å². The van der Waals surface area contributed by atoms with E-state index in [0.717, 1.165) is 28.0 Å². The molecule has 18 aromatic rings. The standard InChI is InChI=1S/C90H60N2OSSi2/c1-95(2)83-36-16-9-27-69(83)89(73-51-57(41-46-84(73)95)56-40-45-82-66(50-56)61-22-6-15-35-81(61)94-82)67-25-7-13-33-78(67)92-76-43-38-54(48-64(76)63-24-19-30-72(89)88(63)92)53-96(3)85-37-17-10-28-70(85)90(68-26-8-12-32-77(68)91-75-31-11-4-20-59(75)62-23-18-29-71(90)87(62)91)74-52-58(42-47-86(74)96)55-39-44-80-65(49-55)60-21-5-14-34-79(60)93-80/h4-52H,53H2,1-3H3. The summed E-state index contributed by atoms with van der Waals surface area (Å²) in [5.74, 6) is 0. The number of para-hydroxylation sites is 6. The lowest BCUT2D eigenvalue weighted by Gasteiger charge is -2.50. The third-order valence-electron chi connectivity index (χ3n) is 23.5. The molecule has 22 rings (SSSR count). The van der Waals surface area contributed by atoms with Crippen molar-refractivity contribution in [2.45, 2.75) is 36.5 Å². The Morgan fingerprint density at radius 1 is 0.312 bits per heavy atom. The third kappa shape index (κ3) is 6.57. The van der Waals surface area contributed by atoms with E-state index >= 15 is 0 Å². The van der Waals surface area contributed by atoms with Gasteiger partial charge in [-0.2, -0.15) is 0 Å². The first kappa shape index (κ1) is 53.5. The van der Waals surface area contributed by atoms with Gasteiger partial charge in [0.25, 0.3) is 0 Å². The van der Waals surface area contributed by atoms with Crippen LogP contribution in [0.4, 0.5) is 0 Å². The average Bonchev–Trinajstić information content (AvgIpc) is 1.14. The molecular weight excluding hydrogens is 1210 g/mol. The molecule has 0 saturated carbocycles. The summed E-state index contributed by atoms with van der Waals surface area (Å²) in [6.07, 6.45) is 0. The molecule has 2 spiro atoms. The van der Waals surface area contributed by atoms with Crippen molar-refractivity contribution in [3.63, 3.8) is 0 Å². The zero-order valence-corrected chi connectivity index (χ0v) is 56.0. The number of benzene rings is 14. The molecule has 4 aliphatic heterocycles.